The summed E-state index contributed by atoms with van der Waals surface area (Å²) in [6, 6.07) is 7.37. The molecule has 3 nitrogen and oxygen atoms in total. The molecule has 1 aliphatic rings. The molecule has 0 saturated carbocycles. The topological polar surface area (TPSA) is 42.9 Å². The predicted molar refractivity (Wildman–Crippen MR) is 62.8 cm³/mol. The number of pyridine rings is 2. The second kappa shape index (κ2) is 3.64. The van der Waals surface area contributed by atoms with Crippen LogP contribution in [-0.4, -0.2) is 14.2 Å². The minimum atomic E-state index is -1.12. The Hall–Kier alpha value is -1.81. The molecule has 3 rings (SSSR count). The van der Waals surface area contributed by atoms with E-state index in [0.29, 0.717) is 0 Å². The molecular weight excluding hydrogens is 220 g/mol. The van der Waals surface area contributed by atoms with Crippen LogP contribution in [0.2, 0.25) is 0 Å². The van der Waals surface area contributed by atoms with Crippen molar-refractivity contribution in [1.29, 1.82) is 0 Å². The van der Waals surface area contributed by atoms with E-state index in [4.69, 9.17) is 0 Å². The van der Waals surface area contributed by atoms with Gasteiger partial charge in [0.2, 0.25) is 0 Å². The molecule has 0 radical (unpaired) electrons. The maximum atomic E-state index is 12.2. The first-order valence-corrected chi connectivity index (χ1v) is 6.00. The molecule has 2 aromatic rings. The molecule has 0 aromatic carbocycles. The first-order valence-electron chi connectivity index (χ1n) is 4.85. The summed E-state index contributed by atoms with van der Waals surface area (Å²) in [7, 11) is -1.12. The van der Waals surface area contributed by atoms with Crippen LogP contribution >= 0.6 is 0 Å². The SMILES string of the molecule is O=S1C(c2ccncc2)=Cc2ncccc21. The number of rotatable bonds is 1. The van der Waals surface area contributed by atoms with Gasteiger partial charge in [-0.25, -0.2) is 4.21 Å². The van der Waals surface area contributed by atoms with Crippen LogP contribution in [0.4, 0.5) is 0 Å². The van der Waals surface area contributed by atoms with E-state index < -0.39 is 10.8 Å². The average molecular weight is 228 g/mol. The molecule has 2 aromatic heterocycles. The molecule has 0 N–H and O–H groups in total. The zero-order chi connectivity index (χ0) is 11.0. The highest BCUT2D eigenvalue weighted by molar-refractivity contribution is 7.95. The second-order valence-electron chi connectivity index (χ2n) is 3.40. The van der Waals surface area contributed by atoms with E-state index in [1.807, 2.05) is 24.3 Å². The molecule has 1 aliphatic heterocycles. The Kier molecular flexibility index (Phi) is 2.15. The van der Waals surface area contributed by atoms with Gasteiger partial charge in [0.05, 0.1) is 26.3 Å². The molecule has 0 amide bonds. The lowest BCUT2D eigenvalue weighted by molar-refractivity contribution is 0.689. The quantitative estimate of drug-likeness (QED) is 0.750. The summed E-state index contributed by atoms with van der Waals surface area (Å²) in [4.78, 5) is 9.74. The van der Waals surface area contributed by atoms with Crippen molar-refractivity contribution in [2.45, 2.75) is 4.90 Å². The van der Waals surface area contributed by atoms with Gasteiger partial charge in [-0.2, -0.15) is 0 Å². The van der Waals surface area contributed by atoms with Crippen molar-refractivity contribution in [2.24, 2.45) is 0 Å². The van der Waals surface area contributed by atoms with E-state index in [1.54, 1.807) is 24.7 Å². The Morgan fingerprint density at radius 2 is 1.88 bits per heavy atom. The van der Waals surface area contributed by atoms with Crippen LogP contribution < -0.4 is 0 Å². The van der Waals surface area contributed by atoms with Crippen LogP contribution in [0.3, 0.4) is 0 Å². The molecule has 78 valence electrons. The smallest absolute Gasteiger partial charge is 0.0878 e. The van der Waals surface area contributed by atoms with Crippen molar-refractivity contribution in [2.75, 3.05) is 0 Å². The number of aromatic nitrogens is 2. The molecule has 1 unspecified atom stereocenters. The third-order valence-electron chi connectivity index (χ3n) is 2.43. The van der Waals surface area contributed by atoms with E-state index in [-0.39, 0.29) is 0 Å². The summed E-state index contributed by atoms with van der Waals surface area (Å²) in [6.45, 7) is 0. The lowest BCUT2D eigenvalue weighted by Gasteiger charge is -2.00. The summed E-state index contributed by atoms with van der Waals surface area (Å²) in [5.74, 6) is 0. The minimum absolute atomic E-state index is 0.786. The van der Waals surface area contributed by atoms with Crippen molar-refractivity contribution in [1.82, 2.24) is 9.97 Å². The molecule has 0 bridgehead atoms. The van der Waals surface area contributed by atoms with E-state index in [9.17, 15) is 4.21 Å². The van der Waals surface area contributed by atoms with Crippen molar-refractivity contribution in [3.05, 3.63) is 54.1 Å². The number of fused-ring (bicyclic) bond motifs is 1. The van der Waals surface area contributed by atoms with Gasteiger partial charge in [-0.05, 0) is 35.9 Å². The molecule has 0 aliphatic carbocycles. The van der Waals surface area contributed by atoms with Crippen LogP contribution in [0.25, 0.3) is 11.0 Å². The zero-order valence-electron chi connectivity index (χ0n) is 8.33. The molecule has 0 spiro atoms. The highest BCUT2D eigenvalue weighted by Gasteiger charge is 2.22. The van der Waals surface area contributed by atoms with Gasteiger partial charge in [-0.1, -0.05) is 0 Å². The number of hydrogen-bond acceptors (Lipinski definition) is 3. The highest BCUT2D eigenvalue weighted by Crippen LogP contribution is 2.33. The maximum Gasteiger partial charge on any atom is 0.0878 e. The summed E-state index contributed by atoms with van der Waals surface area (Å²) in [5.41, 5.74) is 1.74. The second-order valence-corrected chi connectivity index (χ2v) is 4.82. The Morgan fingerprint density at radius 3 is 2.62 bits per heavy atom. The van der Waals surface area contributed by atoms with Crippen molar-refractivity contribution in [3.63, 3.8) is 0 Å². The van der Waals surface area contributed by atoms with Crippen molar-refractivity contribution >= 4 is 21.8 Å². The number of nitrogens with zero attached hydrogens (tertiary/aromatic N) is 2. The fourth-order valence-corrected chi connectivity index (χ4v) is 2.98. The Bertz CT molecular complexity index is 593. The van der Waals surface area contributed by atoms with Gasteiger partial charge in [0.1, 0.15) is 0 Å². The Balaban J connectivity index is 2.13. The van der Waals surface area contributed by atoms with E-state index >= 15 is 0 Å². The third-order valence-corrected chi connectivity index (χ3v) is 3.93. The van der Waals surface area contributed by atoms with Crippen LogP contribution in [0.1, 0.15) is 11.3 Å². The molecule has 4 heteroatoms. The van der Waals surface area contributed by atoms with Crippen molar-refractivity contribution in [3.8, 4) is 0 Å². The monoisotopic (exact) mass is 228 g/mol. The fourth-order valence-electron chi connectivity index (χ4n) is 1.67. The van der Waals surface area contributed by atoms with E-state index in [0.717, 1.165) is 21.1 Å². The number of hydrogen-bond donors (Lipinski definition) is 0. The lowest BCUT2D eigenvalue weighted by atomic mass is 10.2. The van der Waals surface area contributed by atoms with Gasteiger partial charge in [0.15, 0.2) is 0 Å². The first kappa shape index (κ1) is 9.42. The van der Waals surface area contributed by atoms with Crippen LogP contribution in [0.5, 0.6) is 0 Å². The Morgan fingerprint density at radius 1 is 1.06 bits per heavy atom. The van der Waals surface area contributed by atoms with E-state index in [2.05, 4.69) is 9.97 Å². The van der Waals surface area contributed by atoms with Gasteiger partial charge in [-0.3, -0.25) is 9.97 Å². The fraction of sp³-hybridized carbons (Fsp3) is 0. The van der Waals surface area contributed by atoms with Gasteiger partial charge < -0.3 is 0 Å². The van der Waals surface area contributed by atoms with Crippen LogP contribution in [0.15, 0.2) is 47.8 Å². The molecular formula is C12H8N2OS. The minimum Gasteiger partial charge on any atom is -0.265 e. The summed E-state index contributed by atoms with van der Waals surface area (Å²) >= 11 is 0. The van der Waals surface area contributed by atoms with Gasteiger partial charge in [-0.15, -0.1) is 0 Å². The largest absolute Gasteiger partial charge is 0.265 e. The Labute approximate surface area is 95.3 Å². The lowest BCUT2D eigenvalue weighted by Crippen LogP contribution is -1.91. The molecule has 0 fully saturated rings. The summed E-state index contributed by atoms with van der Waals surface area (Å²) < 4.78 is 12.2. The van der Waals surface area contributed by atoms with Crippen molar-refractivity contribution < 1.29 is 4.21 Å². The van der Waals surface area contributed by atoms with Crippen LogP contribution in [-0.2, 0) is 10.8 Å². The van der Waals surface area contributed by atoms with Gasteiger partial charge in [0, 0.05) is 18.6 Å². The van der Waals surface area contributed by atoms with E-state index in [1.165, 1.54) is 0 Å². The van der Waals surface area contributed by atoms with Crippen LogP contribution in [0, 0.1) is 0 Å². The summed E-state index contributed by atoms with van der Waals surface area (Å²) in [5, 5.41) is 0. The average Bonchev–Trinajstić information content (AvgIpc) is 2.69. The highest BCUT2D eigenvalue weighted by atomic mass is 32.2. The molecule has 1 atom stereocenters. The normalized spacial score (nSPS) is 18.0. The molecule has 3 heterocycles. The molecule has 0 saturated heterocycles. The standard InChI is InChI=1S/C12H8N2OS/c15-16-11-2-1-5-14-10(11)8-12(16)9-3-6-13-7-4-9/h1-8H. The van der Waals surface area contributed by atoms with Gasteiger partial charge >= 0.3 is 0 Å². The maximum absolute atomic E-state index is 12.2. The van der Waals surface area contributed by atoms with Gasteiger partial charge in [0.25, 0.3) is 0 Å². The predicted octanol–water partition coefficient (Wildman–Crippen LogP) is 2.10. The molecule has 16 heavy (non-hydrogen) atoms. The summed E-state index contributed by atoms with van der Waals surface area (Å²) in [6.07, 6.45) is 6.98. The zero-order valence-corrected chi connectivity index (χ0v) is 9.15. The third kappa shape index (κ3) is 1.39. The first-order chi connectivity index (χ1) is 7.86.